The Hall–Kier alpha value is -6.88. The average Bonchev–Trinajstić information content (AvgIpc) is 3.67. The molecule has 4 nitrogen and oxygen atoms in total. The highest BCUT2D eigenvalue weighted by Crippen LogP contribution is 2.39. The standard InChI is InChI=1S/C44H26N4/c1-46-33-23-24-38-37-13-5-9-17-43(37)48(44(38)27-33)40-14-6-2-10-34(40)30-20-18-29(19-21-30)31-22-25-39(32(26-31)28-45)47-41-15-7-3-11-35(41)36-12-4-8-16-42(36)47/h2-27H. The van der Waals surface area contributed by atoms with Gasteiger partial charge in [-0.15, -0.1) is 0 Å². The molecule has 2 aromatic heterocycles. The molecule has 4 heteroatoms. The van der Waals surface area contributed by atoms with Gasteiger partial charge in [-0.1, -0.05) is 115 Å². The number of hydrogen-bond donors (Lipinski definition) is 0. The van der Waals surface area contributed by atoms with Gasteiger partial charge in [-0.2, -0.15) is 5.26 Å². The topological polar surface area (TPSA) is 38.0 Å². The lowest BCUT2D eigenvalue weighted by atomic mass is 9.97. The van der Waals surface area contributed by atoms with Gasteiger partial charge in [-0.05, 0) is 59.2 Å². The Balaban J connectivity index is 1.14. The molecule has 0 saturated heterocycles. The second-order valence-electron chi connectivity index (χ2n) is 12.0. The van der Waals surface area contributed by atoms with Crippen LogP contribution in [0, 0.1) is 17.9 Å². The molecule has 0 spiro atoms. The lowest BCUT2D eigenvalue weighted by Crippen LogP contribution is -1.98. The third kappa shape index (κ3) is 4.14. The van der Waals surface area contributed by atoms with E-state index in [1.165, 1.54) is 10.8 Å². The predicted molar refractivity (Wildman–Crippen MR) is 197 cm³/mol. The number of nitriles is 1. The van der Waals surface area contributed by atoms with Crippen molar-refractivity contribution in [2.24, 2.45) is 0 Å². The third-order valence-electron chi connectivity index (χ3n) is 9.40. The number of para-hydroxylation sites is 4. The average molecular weight is 611 g/mol. The summed E-state index contributed by atoms with van der Waals surface area (Å²) in [5, 5.41) is 15.0. The van der Waals surface area contributed by atoms with E-state index in [2.05, 4.69) is 147 Å². The van der Waals surface area contributed by atoms with E-state index in [4.69, 9.17) is 6.57 Å². The van der Waals surface area contributed by atoms with Crippen molar-refractivity contribution >= 4 is 49.3 Å². The molecule has 0 saturated carbocycles. The highest BCUT2D eigenvalue weighted by atomic mass is 15.0. The molecule has 48 heavy (non-hydrogen) atoms. The molecule has 222 valence electrons. The van der Waals surface area contributed by atoms with Gasteiger partial charge in [0.25, 0.3) is 0 Å². The van der Waals surface area contributed by atoms with Crippen LogP contribution >= 0.6 is 0 Å². The highest BCUT2D eigenvalue weighted by molar-refractivity contribution is 6.11. The monoisotopic (exact) mass is 610 g/mol. The molecule has 0 amide bonds. The molecule has 9 rings (SSSR count). The summed E-state index contributed by atoms with van der Waals surface area (Å²) in [4.78, 5) is 3.72. The maximum absolute atomic E-state index is 10.3. The molecular weight excluding hydrogens is 585 g/mol. The largest absolute Gasteiger partial charge is 0.310 e. The summed E-state index contributed by atoms with van der Waals surface area (Å²) >= 11 is 0. The van der Waals surface area contributed by atoms with Crippen molar-refractivity contribution < 1.29 is 0 Å². The molecule has 7 aromatic carbocycles. The van der Waals surface area contributed by atoms with Gasteiger partial charge in [0, 0.05) is 32.6 Å². The van der Waals surface area contributed by atoms with Crippen molar-refractivity contribution in [3.05, 3.63) is 175 Å². The van der Waals surface area contributed by atoms with Crippen LogP contribution in [0.15, 0.2) is 158 Å². The Bertz CT molecular complexity index is 2750. The second kappa shape index (κ2) is 10.9. The fourth-order valence-corrected chi connectivity index (χ4v) is 7.23. The number of rotatable bonds is 4. The van der Waals surface area contributed by atoms with Crippen molar-refractivity contribution in [3.8, 4) is 39.7 Å². The van der Waals surface area contributed by atoms with Gasteiger partial charge in [0.15, 0.2) is 5.69 Å². The molecule has 0 unspecified atom stereocenters. The predicted octanol–water partition coefficient (Wildman–Crippen LogP) is 11.6. The number of nitrogens with zero attached hydrogens (tertiary/aromatic N) is 4. The van der Waals surface area contributed by atoms with Crippen LogP contribution in [0.1, 0.15) is 5.56 Å². The van der Waals surface area contributed by atoms with E-state index in [1.54, 1.807) is 0 Å². The number of benzene rings is 7. The Labute approximate surface area is 277 Å². The van der Waals surface area contributed by atoms with Crippen molar-refractivity contribution in [1.82, 2.24) is 9.13 Å². The zero-order valence-electron chi connectivity index (χ0n) is 25.8. The second-order valence-corrected chi connectivity index (χ2v) is 12.0. The minimum absolute atomic E-state index is 0.620. The van der Waals surface area contributed by atoms with Crippen LogP contribution in [-0.2, 0) is 0 Å². The molecule has 0 aliphatic heterocycles. The van der Waals surface area contributed by atoms with Crippen molar-refractivity contribution in [2.45, 2.75) is 0 Å². The van der Waals surface area contributed by atoms with Crippen LogP contribution in [0.2, 0.25) is 0 Å². The Morgan fingerprint density at radius 1 is 0.458 bits per heavy atom. The van der Waals surface area contributed by atoms with Gasteiger partial charge >= 0.3 is 0 Å². The van der Waals surface area contributed by atoms with Crippen LogP contribution in [0.3, 0.4) is 0 Å². The van der Waals surface area contributed by atoms with Crippen molar-refractivity contribution in [1.29, 1.82) is 5.26 Å². The minimum Gasteiger partial charge on any atom is -0.310 e. The molecule has 0 radical (unpaired) electrons. The summed E-state index contributed by atoms with van der Waals surface area (Å²) in [7, 11) is 0. The smallest absolute Gasteiger partial charge is 0.189 e. The Morgan fingerprint density at radius 2 is 0.979 bits per heavy atom. The van der Waals surface area contributed by atoms with Gasteiger partial charge < -0.3 is 9.13 Å². The van der Waals surface area contributed by atoms with Crippen LogP contribution < -0.4 is 0 Å². The molecule has 0 bridgehead atoms. The van der Waals surface area contributed by atoms with Gasteiger partial charge in [0.05, 0.1) is 40.1 Å². The Kier molecular flexibility index (Phi) is 6.22. The van der Waals surface area contributed by atoms with Gasteiger partial charge in [-0.25, -0.2) is 4.85 Å². The van der Waals surface area contributed by atoms with Gasteiger partial charge in [0.2, 0.25) is 0 Å². The maximum Gasteiger partial charge on any atom is 0.189 e. The molecule has 2 heterocycles. The summed E-state index contributed by atoms with van der Waals surface area (Å²) in [6.07, 6.45) is 0. The first kappa shape index (κ1) is 27.4. The number of aromatic nitrogens is 2. The molecule has 0 fully saturated rings. The van der Waals surface area contributed by atoms with Crippen LogP contribution in [0.4, 0.5) is 5.69 Å². The summed E-state index contributed by atoms with van der Waals surface area (Å²) in [6.45, 7) is 7.63. The van der Waals surface area contributed by atoms with E-state index in [9.17, 15) is 5.26 Å². The summed E-state index contributed by atoms with van der Waals surface area (Å²) in [5.41, 5.74) is 11.7. The first-order valence-electron chi connectivity index (χ1n) is 15.9. The molecule has 0 aliphatic carbocycles. The van der Waals surface area contributed by atoms with E-state index >= 15 is 0 Å². The first-order chi connectivity index (χ1) is 23.7. The van der Waals surface area contributed by atoms with E-state index in [0.29, 0.717) is 11.3 Å². The summed E-state index contributed by atoms with van der Waals surface area (Å²) in [5.74, 6) is 0. The van der Waals surface area contributed by atoms with Gasteiger partial charge in [-0.3, -0.25) is 0 Å². The molecule has 9 aromatic rings. The fraction of sp³-hybridized carbons (Fsp3) is 0. The molecule has 0 N–H and O–H groups in total. The summed E-state index contributed by atoms with van der Waals surface area (Å²) in [6, 6.07) is 56.7. The SMILES string of the molecule is [C-]#[N+]c1ccc2c3ccccc3n(-c3ccccc3-c3ccc(-c4ccc(-n5c6ccccc6c6ccccc65)c(C#N)c4)cc3)c2c1. The lowest BCUT2D eigenvalue weighted by Gasteiger charge is -2.15. The minimum atomic E-state index is 0.620. The number of hydrogen-bond acceptors (Lipinski definition) is 1. The number of fused-ring (bicyclic) bond motifs is 6. The molecule has 0 atom stereocenters. The van der Waals surface area contributed by atoms with Crippen LogP contribution in [0.25, 0.3) is 82.1 Å². The normalized spacial score (nSPS) is 11.3. The zero-order chi connectivity index (χ0) is 32.2. The van der Waals surface area contributed by atoms with Crippen LogP contribution in [-0.4, -0.2) is 9.13 Å². The first-order valence-corrected chi connectivity index (χ1v) is 15.9. The van der Waals surface area contributed by atoms with Crippen molar-refractivity contribution in [2.75, 3.05) is 0 Å². The fourth-order valence-electron chi connectivity index (χ4n) is 7.23. The maximum atomic E-state index is 10.3. The van der Waals surface area contributed by atoms with E-state index < -0.39 is 0 Å². The van der Waals surface area contributed by atoms with Crippen molar-refractivity contribution in [3.63, 3.8) is 0 Å². The van der Waals surface area contributed by atoms with E-state index in [-0.39, 0.29) is 0 Å². The Morgan fingerprint density at radius 3 is 1.60 bits per heavy atom. The lowest BCUT2D eigenvalue weighted by molar-refractivity contribution is 1.17. The molecular formula is C44H26N4. The summed E-state index contributed by atoms with van der Waals surface area (Å²) < 4.78 is 4.47. The van der Waals surface area contributed by atoms with E-state index in [0.717, 1.165) is 66.5 Å². The van der Waals surface area contributed by atoms with E-state index in [1.807, 2.05) is 30.3 Å². The quantitative estimate of drug-likeness (QED) is 0.183. The third-order valence-corrected chi connectivity index (χ3v) is 9.40. The van der Waals surface area contributed by atoms with Crippen LogP contribution in [0.5, 0.6) is 0 Å². The zero-order valence-corrected chi connectivity index (χ0v) is 25.8. The van der Waals surface area contributed by atoms with Gasteiger partial charge in [0.1, 0.15) is 6.07 Å². The molecule has 0 aliphatic rings. The highest BCUT2D eigenvalue weighted by Gasteiger charge is 2.17.